The van der Waals surface area contributed by atoms with Gasteiger partial charge in [-0.15, -0.1) is 0 Å². The molecule has 0 unspecified atom stereocenters. The van der Waals surface area contributed by atoms with E-state index in [4.69, 9.17) is 20.2 Å². The molecular formula is C13H14ClNO4S. The maximum absolute atomic E-state index is 10.9. The van der Waals surface area contributed by atoms with Gasteiger partial charge in [-0.05, 0) is 31.2 Å². The van der Waals surface area contributed by atoms with E-state index in [1.807, 2.05) is 12.1 Å². The highest BCUT2D eigenvalue weighted by molar-refractivity contribution is 7.85. The van der Waals surface area contributed by atoms with Crippen LogP contribution >= 0.6 is 11.6 Å². The average molecular weight is 316 g/mol. The van der Waals surface area contributed by atoms with E-state index < -0.39 is 10.1 Å². The van der Waals surface area contributed by atoms with Crippen molar-refractivity contribution in [1.29, 1.82) is 0 Å². The molecule has 2 aromatic rings. The Hall–Kier alpha value is -1.37. The Balaban J connectivity index is 2.11. The second kappa shape index (κ2) is 5.95. The van der Waals surface area contributed by atoms with E-state index >= 15 is 0 Å². The van der Waals surface area contributed by atoms with Gasteiger partial charge in [-0.25, -0.2) is 4.98 Å². The van der Waals surface area contributed by atoms with Crippen molar-refractivity contribution in [3.05, 3.63) is 40.7 Å². The molecule has 0 aliphatic heterocycles. The van der Waals surface area contributed by atoms with E-state index in [9.17, 15) is 8.42 Å². The van der Waals surface area contributed by atoms with Gasteiger partial charge in [0.1, 0.15) is 5.76 Å². The van der Waals surface area contributed by atoms with Crippen LogP contribution in [0.3, 0.4) is 0 Å². The molecule has 1 aromatic heterocycles. The molecule has 5 nitrogen and oxygen atoms in total. The first kappa shape index (κ1) is 15.0. The lowest BCUT2D eigenvalue weighted by Gasteiger charge is -1.98. The summed E-state index contributed by atoms with van der Waals surface area (Å²) in [4.78, 5) is 4.34. The lowest BCUT2D eigenvalue weighted by molar-refractivity contribution is 0.324. The molecule has 0 radical (unpaired) electrons. The second-order valence-corrected chi connectivity index (χ2v) is 6.39. The summed E-state index contributed by atoms with van der Waals surface area (Å²) < 4.78 is 32.0. The summed E-state index contributed by atoms with van der Waals surface area (Å²) in [5.41, 5.74) is 1.49. The molecule has 0 saturated heterocycles. The molecule has 108 valence electrons. The van der Waals surface area contributed by atoms with Gasteiger partial charge in [0.05, 0.1) is 18.6 Å². The molecule has 2 rings (SSSR count). The SMILES string of the molecule is Cc1oc(-c2ccc(Cl)cc2)nc1CCOS(C)(=O)=O. The summed E-state index contributed by atoms with van der Waals surface area (Å²) in [6.45, 7) is 1.83. The molecule has 20 heavy (non-hydrogen) atoms. The smallest absolute Gasteiger partial charge is 0.264 e. The number of hydrogen-bond acceptors (Lipinski definition) is 5. The van der Waals surface area contributed by atoms with Crippen molar-refractivity contribution in [2.45, 2.75) is 13.3 Å². The molecule has 0 saturated carbocycles. The lowest BCUT2D eigenvalue weighted by Crippen LogP contribution is -2.06. The van der Waals surface area contributed by atoms with Gasteiger partial charge >= 0.3 is 0 Å². The monoisotopic (exact) mass is 315 g/mol. The van der Waals surface area contributed by atoms with Crippen molar-refractivity contribution in [2.75, 3.05) is 12.9 Å². The highest BCUT2D eigenvalue weighted by Crippen LogP contribution is 2.23. The molecule has 1 aromatic carbocycles. The molecular weight excluding hydrogens is 302 g/mol. The number of halogens is 1. The number of benzene rings is 1. The number of nitrogens with zero attached hydrogens (tertiary/aromatic N) is 1. The summed E-state index contributed by atoms with van der Waals surface area (Å²) in [5, 5.41) is 0.638. The normalized spacial score (nSPS) is 11.8. The number of aromatic nitrogens is 1. The molecule has 1 heterocycles. The van der Waals surface area contributed by atoms with E-state index in [0.29, 0.717) is 28.8 Å². The zero-order chi connectivity index (χ0) is 14.8. The Morgan fingerprint density at radius 1 is 1.30 bits per heavy atom. The highest BCUT2D eigenvalue weighted by Gasteiger charge is 2.12. The minimum absolute atomic E-state index is 0.0479. The maximum Gasteiger partial charge on any atom is 0.264 e. The van der Waals surface area contributed by atoms with Gasteiger partial charge < -0.3 is 4.42 Å². The van der Waals surface area contributed by atoms with E-state index in [1.165, 1.54) is 0 Å². The minimum atomic E-state index is -3.43. The number of oxazole rings is 1. The Bertz CT molecular complexity index is 692. The molecule has 0 atom stereocenters. The Kier molecular flexibility index (Phi) is 4.47. The summed E-state index contributed by atoms with van der Waals surface area (Å²) in [6.07, 6.45) is 1.39. The average Bonchev–Trinajstić information content (AvgIpc) is 2.70. The van der Waals surface area contributed by atoms with Crippen molar-refractivity contribution in [3.8, 4) is 11.5 Å². The molecule has 0 aliphatic carbocycles. The lowest BCUT2D eigenvalue weighted by atomic mass is 10.2. The zero-order valence-electron chi connectivity index (χ0n) is 11.1. The fourth-order valence-corrected chi connectivity index (χ4v) is 2.18. The van der Waals surface area contributed by atoms with E-state index in [-0.39, 0.29) is 6.61 Å². The van der Waals surface area contributed by atoms with Crippen LogP contribution in [-0.4, -0.2) is 26.3 Å². The molecule has 0 fully saturated rings. The Morgan fingerprint density at radius 3 is 2.55 bits per heavy atom. The van der Waals surface area contributed by atoms with Crippen molar-refractivity contribution >= 4 is 21.7 Å². The van der Waals surface area contributed by atoms with Crippen LogP contribution in [0.2, 0.25) is 5.02 Å². The first-order valence-electron chi connectivity index (χ1n) is 5.92. The van der Waals surface area contributed by atoms with Crippen LogP contribution in [0, 0.1) is 6.92 Å². The van der Waals surface area contributed by atoms with E-state index in [2.05, 4.69) is 4.98 Å². The van der Waals surface area contributed by atoms with E-state index in [1.54, 1.807) is 19.1 Å². The maximum atomic E-state index is 10.9. The first-order valence-corrected chi connectivity index (χ1v) is 8.11. The van der Waals surface area contributed by atoms with Gasteiger partial charge in [0.25, 0.3) is 10.1 Å². The van der Waals surface area contributed by atoms with Crippen molar-refractivity contribution in [1.82, 2.24) is 4.98 Å². The summed E-state index contributed by atoms with van der Waals surface area (Å²) in [5.74, 6) is 1.13. The Labute approximate surface area is 122 Å². The van der Waals surface area contributed by atoms with Crippen LogP contribution in [0.5, 0.6) is 0 Å². The van der Waals surface area contributed by atoms with Crippen LogP contribution in [0.4, 0.5) is 0 Å². The zero-order valence-corrected chi connectivity index (χ0v) is 12.7. The highest BCUT2D eigenvalue weighted by atomic mass is 35.5. The van der Waals surface area contributed by atoms with Crippen LogP contribution in [0.1, 0.15) is 11.5 Å². The van der Waals surface area contributed by atoms with Crippen LogP contribution in [-0.2, 0) is 20.7 Å². The standard InChI is InChI=1S/C13H14ClNO4S/c1-9-12(7-8-18-20(2,16)17)15-13(19-9)10-3-5-11(14)6-4-10/h3-6H,7-8H2,1-2H3. The first-order chi connectivity index (χ1) is 9.35. The number of rotatable bonds is 5. The van der Waals surface area contributed by atoms with Crippen molar-refractivity contribution < 1.29 is 17.0 Å². The second-order valence-electron chi connectivity index (χ2n) is 4.30. The van der Waals surface area contributed by atoms with Gasteiger partial charge in [-0.2, -0.15) is 8.42 Å². The third kappa shape index (κ3) is 4.06. The quantitative estimate of drug-likeness (QED) is 0.793. The molecule has 0 N–H and O–H groups in total. The van der Waals surface area contributed by atoms with Gasteiger partial charge in [0.2, 0.25) is 5.89 Å². The molecule has 7 heteroatoms. The number of aryl methyl sites for hydroxylation is 1. The minimum Gasteiger partial charge on any atom is -0.441 e. The molecule has 0 aliphatic rings. The molecule has 0 bridgehead atoms. The van der Waals surface area contributed by atoms with Gasteiger partial charge in [-0.1, -0.05) is 11.6 Å². The van der Waals surface area contributed by atoms with Gasteiger partial charge in [0, 0.05) is 17.0 Å². The third-order valence-electron chi connectivity index (χ3n) is 2.62. The predicted octanol–water partition coefficient (Wildman–Crippen LogP) is 2.82. The van der Waals surface area contributed by atoms with Crippen LogP contribution in [0.25, 0.3) is 11.5 Å². The van der Waals surface area contributed by atoms with Crippen molar-refractivity contribution in [3.63, 3.8) is 0 Å². The van der Waals surface area contributed by atoms with Gasteiger partial charge in [-0.3, -0.25) is 4.18 Å². The summed E-state index contributed by atoms with van der Waals surface area (Å²) in [7, 11) is -3.43. The van der Waals surface area contributed by atoms with Crippen LogP contribution in [0.15, 0.2) is 28.7 Å². The Morgan fingerprint density at radius 2 is 1.95 bits per heavy atom. The van der Waals surface area contributed by atoms with E-state index in [0.717, 1.165) is 11.8 Å². The number of hydrogen-bond donors (Lipinski definition) is 0. The summed E-state index contributed by atoms with van der Waals surface area (Å²) in [6, 6.07) is 7.13. The summed E-state index contributed by atoms with van der Waals surface area (Å²) >= 11 is 5.82. The predicted molar refractivity (Wildman–Crippen MR) is 76.2 cm³/mol. The topological polar surface area (TPSA) is 69.4 Å². The fraction of sp³-hybridized carbons (Fsp3) is 0.308. The third-order valence-corrected chi connectivity index (χ3v) is 3.47. The van der Waals surface area contributed by atoms with Gasteiger partial charge in [0.15, 0.2) is 0 Å². The molecule has 0 amide bonds. The van der Waals surface area contributed by atoms with Crippen molar-refractivity contribution in [2.24, 2.45) is 0 Å². The largest absolute Gasteiger partial charge is 0.441 e. The fourth-order valence-electron chi connectivity index (χ4n) is 1.67. The molecule has 0 spiro atoms. The van der Waals surface area contributed by atoms with Crippen LogP contribution < -0.4 is 0 Å².